The zero-order valence-electron chi connectivity index (χ0n) is 10.1. The van der Waals surface area contributed by atoms with Crippen molar-refractivity contribution in [3.8, 4) is 0 Å². The number of rotatable bonds is 3. The third-order valence-electron chi connectivity index (χ3n) is 3.64. The highest BCUT2D eigenvalue weighted by Gasteiger charge is 2.30. The van der Waals surface area contributed by atoms with Crippen molar-refractivity contribution >= 4 is 15.8 Å². The molecule has 5 nitrogen and oxygen atoms in total. The van der Waals surface area contributed by atoms with Crippen LogP contribution in [0.15, 0.2) is 4.99 Å². The van der Waals surface area contributed by atoms with Gasteiger partial charge in [-0.1, -0.05) is 12.8 Å². The van der Waals surface area contributed by atoms with Crippen LogP contribution in [0.5, 0.6) is 0 Å². The summed E-state index contributed by atoms with van der Waals surface area (Å²) in [5.74, 6) is 0.711. The van der Waals surface area contributed by atoms with Gasteiger partial charge in [0.2, 0.25) is 0 Å². The highest BCUT2D eigenvalue weighted by Crippen LogP contribution is 2.20. The fourth-order valence-electron chi connectivity index (χ4n) is 2.59. The number of aliphatic imine (C=N–C) groups is 1. The van der Waals surface area contributed by atoms with E-state index < -0.39 is 9.84 Å². The monoisotopic (exact) mass is 259 g/mol. The first-order valence-corrected chi connectivity index (χ1v) is 8.07. The van der Waals surface area contributed by atoms with Crippen LogP contribution in [0.3, 0.4) is 0 Å². The third kappa shape index (κ3) is 3.34. The quantitative estimate of drug-likeness (QED) is 0.568. The Labute approximate surface area is 103 Å². The predicted molar refractivity (Wildman–Crippen MR) is 68.7 cm³/mol. The summed E-state index contributed by atoms with van der Waals surface area (Å²) in [4.78, 5) is 4.17. The molecule has 1 saturated heterocycles. The molecular formula is C11H21N3O2S. The molecule has 0 radical (unpaired) electrons. The van der Waals surface area contributed by atoms with Crippen molar-refractivity contribution in [1.82, 2.24) is 5.32 Å². The van der Waals surface area contributed by atoms with Crippen molar-refractivity contribution in [3.05, 3.63) is 0 Å². The molecule has 1 aliphatic heterocycles. The molecule has 3 N–H and O–H groups in total. The number of sulfone groups is 1. The van der Waals surface area contributed by atoms with E-state index in [9.17, 15) is 8.42 Å². The van der Waals surface area contributed by atoms with Gasteiger partial charge in [0.1, 0.15) is 0 Å². The van der Waals surface area contributed by atoms with Crippen LogP contribution < -0.4 is 11.1 Å². The van der Waals surface area contributed by atoms with E-state index in [0.29, 0.717) is 24.3 Å². The Morgan fingerprint density at radius 3 is 2.53 bits per heavy atom. The second-order valence-corrected chi connectivity index (χ2v) is 7.38. The lowest BCUT2D eigenvalue weighted by molar-refractivity contribution is 0.589. The highest BCUT2D eigenvalue weighted by molar-refractivity contribution is 7.92. The van der Waals surface area contributed by atoms with E-state index in [4.69, 9.17) is 5.73 Å². The Morgan fingerprint density at radius 2 is 1.94 bits per heavy atom. The Kier molecular flexibility index (Phi) is 3.91. The number of nitrogens with two attached hydrogens (primary N) is 1. The van der Waals surface area contributed by atoms with Crippen molar-refractivity contribution in [2.24, 2.45) is 10.7 Å². The molecule has 0 aromatic rings. The highest BCUT2D eigenvalue weighted by atomic mass is 32.2. The maximum absolute atomic E-state index is 11.6. The van der Waals surface area contributed by atoms with Crippen LogP contribution in [0.25, 0.3) is 0 Å². The Balaban J connectivity index is 1.83. The first kappa shape index (κ1) is 12.7. The van der Waals surface area contributed by atoms with Crippen LogP contribution in [0.4, 0.5) is 0 Å². The SMILES string of the molecule is NC(=NCC1CCCS1(=O)=O)NC1CCCC1. The molecule has 1 unspecified atom stereocenters. The molecule has 1 saturated carbocycles. The first-order valence-electron chi connectivity index (χ1n) is 6.36. The van der Waals surface area contributed by atoms with E-state index in [1.165, 1.54) is 12.8 Å². The fourth-order valence-corrected chi connectivity index (χ4v) is 4.32. The summed E-state index contributed by atoms with van der Waals surface area (Å²) in [6.07, 6.45) is 6.24. The topological polar surface area (TPSA) is 84.5 Å². The number of hydrogen-bond acceptors (Lipinski definition) is 3. The van der Waals surface area contributed by atoms with Gasteiger partial charge < -0.3 is 11.1 Å². The van der Waals surface area contributed by atoms with Crippen LogP contribution in [-0.2, 0) is 9.84 Å². The van der Waals surface area contributed by atoms with Gasteiger partial charge in [0, 0.05) is 6.04 Å². The van der Waals surface area contributed by atoms with Gasteiger partial charge in [0.05, 0.1) is 17.5 Å². The van der Waals surface area contributed by atoms with E-state index in [0.717, 1.165) is 25.7 Å². The summed E-state index contributed by atoms with van der Waals surface area (Å²) in [5, 5.41) is 2.85. The van der Waals surface area contributed by atoms with E-state index in [1.807, 2.05) is 0 Å². The normalized spacial score (nSPS) is 29.6. The largest absolute Gasteiger partial charge is 0.370 e. The van der Waals surface area contributed by atoms with Gasteiger partial charge in [-0.3, -0.25) is 4.99 Å². The van der Waals surface area contributed by atoms with Crippen molar-refractivity contribution in [1.29, 1.82) is 0 Å². The van der Waals surface area contributed by atoms with Crippen LogP contribution >= 0.6 is 0 Å². The second kappa shape index (κ2) is 5.25. The third-order valence-corrected chi connectivity index (χ3v) is 5.89. The minimum atomic E-state index is -2.90. The lowest BCUT2D eigenvalue weighted by Crippen LogP contribution is -2.39. The van der Waals surface area contributed by atoms with Crippen molar-refractivity contribution in [3.63, 3.8) is 0 Å². The van der Waals surface area contributed by atoms with Crippen LogP contribution in [0.1, 0.15) is 38.5 Å². The smallest absolute Gasteiger partial charge is 0.188 e. The molecule has 0 spiro atoms. The summed E-state index contributed by atoms with van der Waals surface area (Å²) in [6, 6.07) is 0.430. The number of nitrogens with one attached hydrogen (secondary N) is 1. The zero-order chi connectivity index (χ0) is 12.3. The standard InChI is InChI=1S/C11H21N3O2S/c12-11(14-9-4-1-2-5-9)13-8-10-6-3-7-17(10,15)16/h9-10H,1-8H2,(H3,12,13,14). The predicted octanol–water partition coefficient (Wildman–Crippen LogP) is 0.410. The number of hydrogen-bond donors (Lipinski definition) is 2. The van der Waals surface area contributed by atoms with Gasteiger partial charge in [-0.15, -0.1) is 0 Å². The van der Waals surface area contributed by atoms with Gasteiger partial charge in [0.15, 0.2) is 15.8 Å². The summed E-state index contributed by atoms with van der Waals surface area (Å²) < 4.78 is 23.2. The molecule has 17 heavy (non-hydrogen) atoms. The summed E-state index contributed by atoms with van der Waals surface area (Å²) in [6.45, 7) is 0.313. The Bertz CT molecular complexity index is 386. The molecule has 0 aromatic heterocycles. The molecule has 0 amide bonds. The molecule has 2 rings (SSSR count). The van der Waals surface area contributed by atoms with Crippen molar-refractivity contribution in [2.75, 3.05) is 12.3 Å². The summed E-state index contributed by atoms with van der Waals surface area (Å²) >= 11 is 0. The van der Waals surface area contributed by atoms with Gasteiger partial charge in [-0.25, -0.2) is 8.42 Å². The molecule has 1 atom stereocenters. The molecule has 0 aromatic carbocycles. The van der Waals surface area contributed by atoms with E-state index in [2.05, 4.69) is 10.3 Å². The minimum Gasteiger partial charge on any atom is -0.370 e. The lowest BCUT2D eigenvalue weighted by atomic mass is 10.2. The van der Waals surface area contributed by atoms with E-state index >= 15 is 0 Å². The molecule has 98 valence electrons. The molecule has 0 bridgehead atoms. The fraction of sp³-hybridized carbons (Fsp3) is 0.909. The van der Waals surface area contributed by atoms with E-state index in [1.54, 1.807) is 0 Å². The number of guanidine groups is 1. The zero-order valence-corrected chi connectivity index (χ0v) is 10.9. The van der Waals surface area contributed by atoms with Gasteiger partial charge >= 0.3 is 0 Å². The van der Waals surface area contributed by atoms with Crippen LogP contribution in [0.2, 0.25) is 0 Å². The Morgan fingerprint density at radius 1 is 1.24 bits per heavy atom. The van der Waals surface area contributed by atoms with E-state index in [-0.39, 0.29) is 5.25 Å². The van der Waals surface area contributed by atoms with Gasteiger partial charge in [-0.05, 0) is 25.7 Å². The maximum atomic E-state index is 11.6. The second-order valence-electron chi connectivity index (χ2n) is 4.98. The minimum absolute atomic E-state index is 0.309. The van der Waals surface area contributed by atoms with Gasteiger partial charge in [-0.2, -0.15) is 0 Å². The summed E-state index contributed by atoms with van der Waals surface area (Å²) in [5.41, 5.74) is 5.76. The maximum Gasteiger partial charge on any atom is 0.188 e. The van der Waals surface area contributed by atoms with Crippen molar-refractivity contribution < 1.29 is 8.42 Å². The molecule has 6 heteroatoms. The Hall–Kier alpha value is -0.780. The summed E-state index contributed by atoms with van der Waals surface area (Å²) in [7, 11) is -2.90. The average Bonchev–Trinajstić information content (AvgIpc) is 2.85. The first-order chi connectivity index (χ1) is 8.08. The molecule has 2 fully saturated rings. The molecule has 1 heterocycles. The number of nitrogens with zero attached hydrogens (tertiary/aromatic N) is 1. The van der Waals surface area contributed by atoms with Gasteiger partial charge in [0.25, 0.3) is 0 Å². The molecule has 2 aliphatic rings. The van der Waals surface area contributed by atoms with Crippen LogP contribution in [-0.4, -0.2) is 38.0 Å². The average molecular weight is 259 g/mol. The van der Waals surface area contributed by atoms with Crippen molar-refractivity contribution in [2.45, 2.75) is 49.8 Å². The lowest BCUT2D eigenvalue weighted by Gasteiger charge is -2.13. The van der Waals surface area contributed by atoms with Crippen LogP contribution in [0, 0.1) is 0 Å². The molecule has 1 aliphatic carbocycles. The molecular weight excluding hydrogens is 238 g/mol.